The molecule has 0 aliphatic heterocycles. The quantitative estimate of drug-likeness (QED) is 0.636. The molecular weight excluding hydrogens is 162 g/mol. The normalized spacial score (nSPS) is 11.8. The molecule has 0 unspecified atom stereocenters. The van der Waals surface area contributed by atoms with Gasteiger partial charge < -0.3 is 10.8 Å². The van der Waals surface area contributed by atoms with Crippen LogP contribution < -0.4 is 5.73 Å². The summed E-state index contributed by atoms with van der Waals surface area (Å²) in [6, 6.07) is -0.704. The van der Waals surface area contributed by atoms with Crippen LogP contribution >= 0.6 is 24.2 Å². The van der Waals surface area contributed by atoms with Gasteiger partial charge in [-0.25, -0.2) is 0 Å². The van der Waals surface area contributed by atoms with Gasteiger partial charge in [-0.2, -0.15) is 11.8 Å². The molecule has 0 saturated carbocycles. The minimum Gasteiger partial charge on any atom is -0.480 e. The van der Waals surface area contributed by atoms with Crippen LogP contribution in [0.1, 0.15) is 0 Å². The van der Waals surface area contributed by atoms with Crippen LogP contribution in [0.3, 0.4) is 0 Å². The SMILES string of the molecule is CSC[C@H](N)C(=O)O.Cl. The zero-order valence-corrected chi connectivity index (χ0v) is 6.67. The van der Waals surface area contributed by atoms with Gasteiger partial charge in [0.2, 0.25) is 0 Å². The number of aliphatic carboxylic acids is 1. The summed E-state index contributed by atoms with van der Waals surface area (Å²) in [7, 11) is 0. The minimum atomic E-state index is -0.931. The molecule has 5 heteroatoms. The molecule has 3 N–H and O–H groups in total. The first-order chi connectivity index (χ1) is 3.68. The van der Waals surface area contributed by atoms with Crippen LogP contribution in [0.15, 0.2) is 0 Å². The summed E-state index contributed by atoms with van der Waals surface area (Å²) in [5.74, 6) is -0.450. The summed E-state index contributed by atoms with van der Waals surface area (Å²) in [6.07, 6.45) is 1.82. The number of nitrogens with two attached hydrogens (primary N) is 1. The van der Waals surface area contributed by atoms with Crippen molar-refractivity contribution >= 4 is 30.1 Å². The maximum Gasteiger partial charge on any atom is 0.321 e. The zero-order valence-electron chi connectivity index (χ0n) is 5.03. The molecule has 0 heterocycles. The fourth-order valence-electron chi connectivity index (χ4n) is 0.251. The number of hydrogen-bond acceptors (Lipinski definition) is 3. The third kappa shape index (κ3) is 5.95. The lowest BCUT2D eigenvalue weighted by Crippen LogP contribution is -2.32. The Hall–Kier alpha value is 0.0700. The third-order valence-corrected chi connectivity index (χ3v) is 1.36. The van der Waals surface area contributed by atoms with E-state index in [4.69, 9.17) is 10.8 Å². The molecule has 0 aliphatic carbocycles. The van der Waals surface area contributed by atoms with Gasteiger partial charge >= 0.3 is 5.97 Å². The molecule has 0 spiro atoms. The average molecular weight is 172 g/mol. The van der Waals surface area contributed by atoms with Gasteiger partial charge in [0.1, 0.15) is 6.04 Å². The lowest BCUT2D eigenvalue weighted by Gasteiger charge is -2.00. The van der Waals surface area contributed by atoms with Crippen LogP contribution in [-0.2, 0) is 4.79 Å². The van der Waals surface area contributed by atoms with Gasteiger partial charge in [0.05, 0.1) is 0 Å². The second-order valence-electron chi connectivity index (χ2n) is 1.40. The highest BCUT2D eigenvalue weighted by molar-refractivity contribution is 7.98. The van der Waals surface area contributed by atoms with E-state index in [-0.39, 0.29) is 12.4 Å². The fourth-order valence-corrected chi connectivity index (χ4v) is 0.753. The molecule has 0 amide bonds. The average Bonchev–Trinajstić information content (AvgIpc) is 1.67. The Morgan fingerprint density at radius 1 is 1.89 bits per heavy atom. The Kier molecular flexibility index (Phi) is 8.13. The molecule has 1 atom stereocenters. The number of carbonyl (C=O) groups is 1. The smallest absolute Gasteiger partial charge is 0.321 e. The van der Waals surface area contributed by atoms with Crippen molar-refractivity contribution in [3.63, 3.8) is 0 Å². The van der Waals surface area contributed by atoms with Crippen molar-refractivity contribution in [2.24, 2.45) is 5.73 Å². The summed E-state index contributed by atoms with van der Waals surface area (Å²) >= 11 is 1.43. The van der Waals surface area contributed by atoms with Gasteiger partial charge in [-0.15, -0.1) is 12.4 Å². The van der Waals surface area contributed by atoms with Crippen LogP contribution in [0.2, 0.25) is 0 Å². The van der Waals surface area contributed by atoms with Crippen LogP contribution in [0.5, 0.6) is 0 Å². The van der Waals surface area contributed by atoms with Gasteiger partial charge in [0.25, 0.3) is 0 Å². The highest BCUT2D eigenvalue weighted by Crippen LogP contribution is 1.93. The second-order valence-corrected chi connectivity index (χ2v) is 2.31. The number of carboxylic acid groups (broad SMARTS) is 1. The van der Waals surface area contributed by atoms with Crippen molar-refractivity contribution in [1.82, 2.24) is 0 Å². The third-order valence-electron chi connectivity index (χ3n) is 0.663. The summed E-state index contributed by atoms with van der Waals surface area (Å²) in [4.78, 5) is 9.95. The molecule has 0 saturated heterocycles. The highest BCUT2D eigenvalue weighted by atomic mass is 35.5. The Labute approximate surface area is 64.4 Å². The maximum absolute atomic E-state index is 9.95. The summed E-state index contributed by atoms with van der Waals surface area (Å²) in [6.45, 7) is 0. The Bertz CT molecular complexity index is 90.6. The first kappa shape index (κ1) is 11.8. The molecule has 0 fully saturated rings. The van der Waals surface area contributed by atoms with Gasteiger partial charge in [-0.1, -0.05) is 0 Å². The van der Waals surface area contributed by atoms with Crippen molar-refractivity contribution in [1.29, 1.82) is 0 Å². The molecule has 0 aromatic carbocycles. The number of thioether (sulfide) groups is 1. The van der Waals surface area contributed by atoms with Crippen LogP contribution in [-0.4, -0.2) is 29.1 Å². The van der Waals surface area contributed by atoms with E-state index in [9.17, 15) is 4.79 Å². The largest absolute Gasteiger partial charge is 0.480 e. The van der Waals surface area contributed by atoms with Crippen LogP contribution in [0.25, 0.3) is 0 Å². The van der Waals surface area contributed by atoms with Crippen LogP contribution in [0, 0.1) is 0 Å². The topological polar surface area (TPSA) is 63.3 Å². The van der Waals surface area contributed by atoms with E-state index in [0.717, 1.165) is 0 Å². The van der Waals surface area contributed by atoms with Gasteiger partial charge in [-0.05, 0) is 6.26 Å². The molecule has 0 aromatic heterocycles. The highest BCUT2D eigenvalue weighted by Gasteiger charge is 2.08. The number of carboxylic acids is 1. The number of hydrogen-bond donors (Lipinski definition) is 2. The van der Waals surface area contributed by atoms with E-state index in [1.165, 1.54) is 11.8 Å². The molecular formula is C4H10ClNO2S. The molecule has 0 bridgehead atoms. The van der Waals surface area contributed by atoms with E-state index in [2.05, 4.69) is 0 Å². The fraction of sp³-hybridized carbons (Fsp3) is 0.750. The number of rotatable bonds is 3. The van der Waals surface area contributed by atoms with Crippen molar-refractivity contribution < 1.29 is 9.90 Å². The van der Waals surface area contributed by atoms with Gasteiger partial charge in [0, 0.05) is 5.75 Å². The number of halogens is 1. The molecule has 0 rings (SSSR count). The molecule has 0 aromatic rings. The molecule has 56 valence electrons. The van der Waals surface area contributed by atoms with E-state index in [1.54, 1.807) is 0 Å². The van der Waals surface area contributed by atoms with E-state index in [1.807, 2.05) is 6.26 Å². The Morgan fingerprint density at radius 2 is 2.33 bits per heavy atom. The Balaban J connectivity index is 0. The van der Waals surface area contributed by atoms with E-state index < -0.39 is 12.0 Å². The van der Waals surface area contributed by atoms with Crippen molar-refractivity contribution in [3.05, 3.63) is 0 Å². The molecule has 9 heavy (non-hydrogen) atoms. The first-order valence-corrected chi connectivity index (χ1v) is 3.55. The van der Waals surface area contributed by atoms with Gasteiger partial charge in [-0.3, -0.25) is 4.79 Å². The monoisotopic (exact) mass is 171 g/mol. The summed E-state index contributed by atoms with van der Waals surface area (Å²) in [5.41, 5.74) is 5.11. The minimum absolute atomic E-state index is 0. The zero-order chi connectivity index (χ0) is 6.57. The van der Waals surface area contributed by atoms with Crippen molar-refractivity contribution in [2.45, 2.75) is 6.04 Å². The second kappa shape index (κ2) is 6.19. The van der Waals surface area contributed by atoms with Gasteiger partial charge in [0.15, 0.2) is 0 Å². The molecule has 0 radical (unpaired) electrons. The van der Waals surface area contributed by atoms with Crippen molar-refractivity contribution in [3.8, 4) is 0 Å². The lowest BCUT2D eigenvalue weighted by molar-refractivity contribution is -0.137. The van der Waals surface area contributed by atoms with Crippen LogP contribution in [0.4, 0.5) is 0 Å². The standard InChI is InChI=1S/C4H9NO2S.ClH/c1-8-2-3(5)4(6)7;/h3H,2,5H2,1H3,(H,6,7);1H/t3-;/m0./s1. The van der Waals surface area contributed by atoms with E-state index in [0.29, 0.717) is 5.75 Å². The maximum atomic E-state index is 9.95. The molecule has 0 aliphatic rings. The summed E-state index contributed by atoms with van der Waals surface area (Å²) < 4.78 is 0. The summed E-state index contributed by atoms with van der Waals surface area (Å²) in [5, 5.41) is 8.17. The predicted octanol–water partition coefficient (Wildman–Crippen LogP) is 0.183. The van der Waals surface area contributed by atoms with E-state index >= 15 is 0 Å². The Morgan fingerprint density at radius 3 is 2.44 bits per heavy atom. The molecule has 3 nitrogen and oxygen atoms in total. The first-order valence-electron chi connectivity index (χ1n) is 2.15. The van der Waals surface area contributed by atoms with Crippen molar-refractivity contribution in [2.75, 3.05) is 12.0 Å². The lowest BCUT2D eigenvalue weighted by atomic mass is 10.4. The predicted molar refractivity (Wildman–Crippen MR) is 41.2 cm³/mol.